The highest BCUT2D eigenvalue weighted by Gasteiger charge is 2.06. The van der Waals surface area contributed by atoms with Gasteiger partial charge in [-0.1, -0.05) is 18.2 Å². The summed E-state index contributed by atoms with van der Waals surface area (Å²) >= 11 is 0. The first-order valence-electron chi connectivity index (χ1n) is 6.34. The summed E-state index contributed by atoms with van der Waals surface area (Å²) in [4.78, 5) is 25.2. The third-order valence-electron chi connectivity index (χ3n) is 2.55. The second-order valence-electron chi connectivity index (χ2n) is 4.56. The molecule has 1 aromatic carbocycles. The fraction of sp³-hybridized carbons (Fsp3) is 0.429. The van der Waals surface area contributed by atoms with E-state index in [0.717, 1.165) is 13.0 Å². The zero-order valence-electron chi connectivity index (χ0n) is 11.5. The molecule has 0 spiro atoms. The fourth-order valence-electron chi connectivity index (χ4n) is 1.54. The van der Waals surface area contributed by atoms with Gasteiger partial charge in [-0.2, -0.15) is 0 Å². The van der Waals surface area contributed by atoms with Crippen LogP contribution in [0.5, 0.6) is 0 Å². The molecule has 2 N–H and O–H groups in total. The highest BCUT2D eigenvalue weighted by Crippen LogP contribution is 1.97. The lowest BCUT2D eigenvalue weighted by Crippen LogP contribution is -2.37. The van der Waals surface area contributed by atoms with Crippen molar-refractivity contribution < 1.29 is 9.59 Å². The normalized spacial score (nSPS) is 10.3. The molecule has 0 saturated heterocycles. The van der Waals surface area contributed by atoms with Gasteiger partial charge in [0.05, 0.1) is 6.54 Å². The van der Waals surface area contributed by atoms with Crippen molar-refractivity contribution in [3.8, 4) is 0 Å². The van der Waals surface area contributed by atoms with Crippen molar-refractivity contribution in [3.05, 3.63) is 35.9 Å². The van der Waals surface area contributed by atoms with E-state index in [0.29, 0.717) is 12.1 Å². The molecule has 19 heavy (non-hydrogen) atoms. The SMILES string of the molecule is CN(C)CCCNC(=O)CNC(=O)c1ccccc1. The van der Waals surface area contributed by atoms with Crippen LogP contribution in [0.25, 0.3) is 0 Å². The Kier molecular flexibility index (Phi) is 6.60. The Morgan fingerprint density at radius 1 is 1.11 bits per heavy atom. The lowest BCUT2D eigenvalue weighted by molar-refractivity contribution is -0.120. The molecule has 0 bridgehead atoms. The Balaban J connectivity index is 2.18. The van der Waals surface area contributed by atoms with Gasteiger partial charge in [0, 0.05) is 12.1 Å². The van der Waals surface area contributed by atoms with Crippen LogP contribution in [0.2, 0.25) is 0 Å². The first kappa shape index (κ1) is 15.2. The van der Waals surface area contributed by atoms with Crippen LogP contribution in [-0.2, 0) is 4.79 Å². The molecule has 1 aromatic rings. The summed E-state index contributed by atoms with van der Waals surface area (Å²) < 4.78 is 0. The average Bonchev–Trinajstić information content (AvgIpc) is 2.41. The first-order chi connectivity index (χ1) is 9.09. The minimum absolute atomic E-state index is 0.00961. The van der Waals surface area contributed by atoms with Crippen molar-refractivity contribution in [2.24, 2.45) is 0 Å². The molecule has 0 aliphatic carbocycles. The lowest BCUT2D eigenvalue weighted by Gasteiger charge is -2.10. The molecule has 1 rings (SSSR count). The Morgan fingerprint density at radius 3 is 2.42 bits per heavy atom. The van der Waals surface area contributed by atoms with Gasteiger partial charge in [-0.25, -0.2) is 0 Å². The van der Waals surface area contributed by atoms with Gasteiger partial charge in [0.1, 0.15) is 0 Å². The average molecular weight is 263 g/mol. The highest BCUT2D eigenvalue weighted by atomic mass is 16.2. The molecule has 0 aliphatic heterocycles. The molecule has 5 heteroatoms. The van der Waals surface area contributed by atoms with Gasteiger partial charge in [0.25, 0.3) is 5.91 Å². The summed E-state index contributed by atoms with van der Waals surface area (Å²) in [5, 5.41) is 5.35. The van der Waals surface area contributed by atoms with Gasteiger partial charge in [-0.3, -0.25) is 9.59 Å². The summed E-state index contributed by atoms with van der Waals surface area (Å²) in [5.41, 5.74) is 0.558. The van der Waals surface area contributed by atoms with Crippen molar-refractivity contribution in [2.75, 3.05) is 33.7 Å². The molecular weight excluding hydrogens is 242 g/mol. The Hall–Kier alpha value is -1.88. The number of benzene rings is 1. The topological polar surface area (TPSA) is 61.4 Å². The third kappa shape index (κ3) is 6.57. The summed E-state index contributed by atoms with van der Waals surface area (Å²) in [6, 6.07) is 8.84. The lowest BCUT2D eigenvalue weighted by atomic mass is 10.2. The van der Waals surface area contributed by atoms with Crippen LogP contribution < -0.4 is 10.6 Å². The number of carbonyl (C=O) groups excluding carboxylic acids is 2. The van der Waals surface area contributed by atoms with Crippen LogP contribution in [0.3, 0.4) is 0 Å². The van der Waals surface area contributed by atoms with E-state index in [-0.39, 0.29) is 18.4 Å². The summed E-state index contributed by atoms with van der Waals surface area (Å²) in [6.45, 7) is 1.56. The van der Waals surface area contributed by atoms with Gasteiger partial charge in [-0.05, 0) is 39.2 Å². The summed E-state index contributed by atoms with van der Waals surface area (Å²) in [7, 11) is 3.98. The Morgan fingerprint density at radius 2 is 1.79 bits per heavy atom. The number of hydrogen-bond donors (Lipinski definition) is 2. The Bertz CT molecular complexity index is 404. The summed E-state index contributed by atoms with van der Waals surface area (Å²) in [5.74, 6) is -0.396. The Labute approximate surface area is 114 Å². The van der Waals surface area contributed by atoms with Crippen molar-refractivity contribution in [3.63, 3.8) is 0 Å². The minimum atomic E-state index is -0.232. The van der Waals surface area contributed by atoms with E-state index in [9.17, 15) is 9.59 Å². The molecule has 5 nitrogen and oxygen atoms in total. The second-order valence-corrected chi connectivity index (χ2v) is 4.56. The molecule has 0 fully saturated rings. The predicted octanol–water partition coefficient (Wildman–Crippen LogP) is 0.484. The van der Waals surface area contributed by atoms with Crippen LogP contribution in [0.1, 0.15) is 16.8 Å². The molecule has 0 atom stereocenters. The largest absolute Gasteiger partial charge is 0.355 e. The maximum atomic E-state index is 11.7. The summed E-state index contributed by atoms with van der Waals surface area (Å²) in [6.07, 6.45) is 0.894. The van der Waals surface area contributed by atoms with E-state index in [4.69, 9.17) is 0 Å². The molecule has 0 aliphatic rings. The molecule has 2 amide bonds. The van der Waals surface area contributed by atoms with Gasteiger partial charge >= 0.3 is 0 Å². The molecule has 0 heterocycles. The van der Waals surface area contributed by atoms with Crippen LogP contribution >= 0.6 is 0 Å². The standard InChI is InChI=1S/C14H21N3O2/c1-17(2)10-6-9-15-13(18)11-16-14(19)12-7-4-3-5-8-12/h3-5,7-8H,6,9-11H2,1-2H3,(H,15,18)(H,16,19). The maximum Gasteiger partial charge on any atom is 0.251 e. The molecular formula is C14H21N3O2. The third-order valence-corrected chi connectivity index (χ3v) is 2.55. The first-order valence-corrected chi connectivity index (χ1v) is 6.34. The number of nitrogens with zero attached hydrogens (tertiary/aromatic N) is 1. The highest BCUT2D eigenvalue weighted by molar-refractivity contribution is 5.96. The van der Waals surface area contributed by atoms with Crippen molar-refractivity contribution in [2.45, 2.75) is 6.42 Å². The number of amides is 2. The molecule has 0 unspecified atom stereocenters. The zero-order valence-corrected chi connectivity index (χ0v) is 11.5. The van der Waals surface area contributed by atoms with Crippen molar-refractivity contribution >= 4 is 11.8 Å². The van der Waals surface area contributed by atoms with E-state index >= 15 is 0 Å². The predicted molar refractivity (Wildman–Crippen MR) is 75.0 cm³/mol. The van der Waals surface area contributed by atoms with Crippen molar-refractivity contribution in [1.29, 1.82) is 0 Å². The number of hydrogen-bond acceptors (Lipinski definition) is 3. The van der Waals surface area contributed by atoms with E-state index in [2.05, 4.69) is 15.5 Å². The van der Waals surface area contributed by atoms with E-state index in [1.54, 1.807) is 24.3 Å². The monoisotopic (exact) mass is 263 g/mol. The van der Waals surface area contributed by atoms with Gasteiger partial charge < -0.3 is 15.5 Å². The van der Waals surface area contributed by atoms with E-state index < -0.39 is 0 Å². The van der Waals surface area contributed by atoms with Gasteiger partial charge in [0.2, 0.25) is 5.91 Å². The van der Waals surface area contributed by atoms with Crippen LogP contribution in [0.15, 0.2) is 30.3 Å². The fourth-order valence-corrected chi connectivity index (χ4v) is 1.54. The van der Waals surface area contributed by atoms with Crippen LogP contribution in [0, 0.1) is 0 Å². The van der Waals surface area contributed by atoms with Crippen LogP contribution in [0.4, 0.5) is 0 Å². The molecule has 0 aromatic heterocycles. The number of rotatable bonds is 7. The molecule has 0 radical (unpaired) electrons. The van der Waals surface area contributed by atoms with Gasteiger partial charge in [0.15, 0.2) is 0 Å². The molecule has 0 saturated carbocycles. The zero-order chi connectivity index (χ0) is 14.1. The second kappa shape index (κ2) is 8.26. The van der Waals surface area contributed by atoms with E-state index in [1.165, 1.54) is 0 Å². The number of nitrogens with one attached hydrogen (secondary N) is 2. The van der Waals surface area contributed by atoms with Gasteiger partial charge in [-0.15, -0.1) is 0 Å². The number of carbonyl (C=O) groups is 2. The quantitative estimate of drug-likeness (QED) is 0.704. The van der Waals surface area contributed by atoms with E-state index in [1.807, 2.05) is 20.2 Å². The van der Waals surface area contributed by atoms with Crippen molar-refractivity contribution in [1.82, 2.24) is 15.5 Å². The smallest absolute Gasteiger partial charge is 0.251 e. The minimum Gasteiger partial charge on any atom is -0.355 e. The van der Waals surface area contributed by atoms with Crippen LogP contribution in [-0.4, -0.2) is 50.4 Å². The molecule has 104 valence electrons. The maximum absolute atomic E-state index is 11.7.